The van der Waals surface area contributed by atoms with Gasteiger partial charge in [-0.1, -0.05) is 11.6 Å². The fourth-order valence-corrected chi connectivity index (χ4v) is 5.06. The van der Waals surface area contributed by atoms with Gasteiger partial charge in [0.25, 0.3) is 10.0 Å². The number of sulfonamides is 1. The van der Waals surface area contributed by atoms with Crippen LogP contribution in [0.3, 0.4) is 0 Å². The lowest BCUT2D eigenvalue weighted by Crippen LogP contribution is -2.12. The first-order valence-electron chi connectivity index (χ1n) is 5.24. The number of phenolic OH excluding ortho intramolecular Hbond substituents is 1. The van der Waals surface area contributed by atoms with Gasteiger partial charge in [-0.3, -0.25) is 4.72 Å². The summed E-state index contributed by atoms with van der Waals surface area (Å²) >= 11 is 9.52. The molecule has 10 heteroatoms. The van der Waals surface area contributed by atoms with Gasteiger partial charge in [-0.25, -0.2) is 13.2 Å². The third-order valence-corrected chi connectivity index (χ3v) is 6.28. The molecule has 2 rings (SSSR count). The van der Waals surface area contributed by atoms with E-state index in [4.69, 9.17) is 16.7 Å². The standard InChI is InChI=1S/C11H7BrClNO5S2/c12-10-9(4-8(20-10)11(16)17)21(18,19)14-5-1-2-7(15)6(13)3-5/h1-4,14-15H,(H,16,17). The molecule has 1 heterocycles. The van der Waals surface area contributed by atoms with Crippen molar-refractivity contribution in [1.29, 1.82) is 0 Å². The normalized spacial score (nSPS) is 11.3. The van der Waals surface area contributed by atoms with Crippen LogP contribution in [0.4, 0.5) is 5.69 Å². The number of carboxylic acid groups (broad SMARTS) is 1. The Labute approximate surface area is 137 Å². The molecule has 1 aromatic heterocycles. The molecule has 0 saturated heterocycles. The van der Waals surface area contributed by atoms with E-state index in [0.29, 0.717) is 0 Å². The van der Waals surface area contributed by atoms with Crippen LogP contribution < -0.4 is 4.72 Å². The third-order valence-electron chi connectivity index (χ3n) is 2.36. The van der Waals surface area contributed by atoms with Crippen molar-refractivity contribution >= 4 is 60.5 Å². The van der Waals surface area contributed by atoms with Crippen LogP contribution in [0.2, 0.25) is 5.02 Å². The number of nitrogens with one attached hydrogen (secondary N) is 1. The lowest BCUT2D eigenvalue weighted by Gasteiger charge is -2.08. The first-order chi connectivity index (χ1) is 9.70. The van der Waals surface area contributed by atoms with Crippen LogP contribution in [0.25, 0.3) is 0 Å². The summed E-state index contributed by atoms with van der Waals surface area (Å²) in [6.45, 7) is 0. The van der Waals surface area contributed by atoms with E-state index in [1.54, 1.807) is 0 Å². The Morgan fingerprint density at radius 1 is 1.33 bits per heavy atom. The van der Waals surface area contributed by atoms with Crippen LogP contribution in [-0.2, 0) is 10.0 Å². The monoisotopic (exact) mass is 411 g/mol. The zero-order valence-electron chi connectivity index (χ0n) is 10.0. The Morgan fingerprint density at radius 3 is 2.52 bits per heavy atom. The molecule has 0 unspecified atom stereocenters. The second-order valence-corrected chi connectivity index (χ2v) is 8.25. The number of aromatic carboxylic acids is 1. The van der Waals surface area contributed by atoms with Crippen LogP contribution in [-0.4, -0.2) is 24.6 Å². The van der Waals surface area contributed by atoms with Crippen molar-refractivity contribution in [2.75, 3.05) is 4.72 Å². The van der Waals surface area contributed by atoms with E-state index in [-0.39, 0.29) is 30.0 Å². The van der Waals surface area contributed by atoms with Gasteiger partial charge in [-0.15, -0.1) is 11.3 Å². The Hall–Kier alpha value is -1.29. The number of benzene rings is 1. The predicted octanol–water partition coefficient (Wildman–Crippen LogP) is 3.37. The zero-order valence-corrected chi connectivity index (χ0v) is 14.0. The molecule has 0 radical (unpaired) electrons. The van der Waals surface area contributed by atoms with Gasteiger partial charge >= 0.3 is 5.97 Å². The molecule has 3 N–H and O–H groups in total. The van der Waals surface area contributed by atoms with Gasteiger partial charge < -0.3 is 10.2 Å². The summed E-state index contributed by atoms with van der Waals surface area (Å²) in [5.41, 5.74) is 0.146. The zero-order chi connectivity index (χ0) is 15.8. The second-order valence-electron chi connectivity index (χ2n) is 3.83. The summed E-state index contributed by atoms with van der Waals surface area (Å²) in [5.74, 6) is -1.39. The molecule has 0 amide bonds. The number of phenols is 1. The topological polar surface area (TPSA) is 104 Å². The maximum absolute atomic E-state index is 12.2. The van der Waals surface area contributed by atoms with E-state index in [1.165, 1.54) is 18.2 Å². The fraction of sp³-hybridized carbons (Fsp3) is 0. The summed E-state index contributed by atoms with van der Waals surface area (Å²) in [6.07, 6.45) is 0. The molecule has 112 valence electrons. The van der Waals surface area contributed by atoms with Gasteiger partial charge in [0.05, 0.1) is 14.5 Å². The number of carbonyl (C=O) groups is 1. The largest absolute Gasteiger partial charge is 0.506 e. The summed E-state index contributed by atoms with van der Waals surface area (Å²) in [4.78, 5) is 10.6. The van der Waals surface area contributed by atoms with Crippen LogP contribution in [0.15, 0.2) is 32.9 Å². The summed E-state index contributed by atoms with van der Waals surface area (Å²) < 4.78 is 26.9. The Balaban J connectivity index is 2.38. The number of anilines is 1. The number of aromatic hydroxyl groups is 1. The molecule has 0 saturated carbocycles. The number of hydrogen-bond acceptors (Lipinski definition) is 5. The van der Waals surface area contributed by atoms with E-state index < -0.39 is 16.0 Å². The number of halogens is 2. The minimum atomic E-state index is -3.98. The number of hydrogen-bond donors (Lipinski definition) is 3. The van der Waals surface area contributed by atoms with Crippen molar-refractivity contribution in [1.82, 2.24) is 0 Å². The van der Waals surface area contributed by atoms with Gasteiger partial charge in [-0.2, -0.15) is 0 Å². The highest BCUT2D eigenvalue weighted by Crippen LogP contribution is 2.33. The molecule has 0 spiro atoms. The van der Waals surface area contributed by atoms with E-state index in [1.807, 2.05) is 0 Å². The smallest absolute Gasteiger partial charge is 0.345 e. The minimum Gasteiger partial charge on any atom is -0.506 e. The van der Waals surface area contributed by atoms with E-state index in [2.05, 4.69) is 20.7 Å². The molecule has 1 aromatic carbocycles. The van der Waals surface area contributed by atoms with Crippen molar-refractivity contribution in [3.8, 4) is 5.75 Å². The second kappa shape index (κ2) is 5.84. The quantitative estimate of drug-likeness (QED) is 0.668. The summed E-state index contributed by atoms with van der Waals surface area (Å²) in [6, 6.07) is 4.87. The number of rotatable bonds is 4. The summed E-state index contributed by atoms with van der Waals surface area (Å²) in [5, 5.41) is 18.2. The van der Waals surface area contributed by atoms with E-state index in [0.717, 1.165) is 17.4 Å². The SMILES string of the molecule is O=C(O)c1cc(S(=O)(=O)Nc2ccc(O)c(Cl)c2)c(Br)s1. The Morgan fingerprint density at radius 2 is 2.00 bits per heavy atom. The maximum Gasteiger partial charge on any atom is 0.345 e. The number of carboxylic acids is 1. The Kier molecular flexibility index (Phi) is 4.47. The average molecular weight is 413 g/mol. The first kappa shape index (κ1) is 16.1. The Bertz CT molecular complexity index is 818. The van der Waals surface area contributed by atoms with Crippen LogP contribution in [0.5, 0.6) is 5.75 Å². The van der Waals surface area contributed by atoms with Gasteiger partial charge in [0, 0.05) is 0 Å². The summed E-state index contributed by atoms with van der Waals surface area (Å²) in [7, 11) is -3.98. The van der Waals surface area contributed by atoms with Crippen LogP contribution >= 0.6 is 38.9 Å². The van der Waals surface area contributed by atoms with Gasteiger partial charge in [0.2, 0.25) is 0 Å². The molecule has 0 aliphatic carbocycles. The lowest BCUT2D eigenvalue weighted by atomic mass is 10.3. The third kappa shape index (κ3) is 3.49. The average Bonchev–Trinajstić information content (AvgIpc) is 2.77. The van der Waals surface area contributed by atoms with E-state index in [9.17, 15) is 18.3 Å². The van der Waals surface area contributed by atoms with Crippen molar-refractivity contribution in [2.45, 2.75) is 4.90 Å². The first-order valence-corrected chi connectivity index (χ1v) is 8.72. The van der Waals surface area contributed by atoms with Crippen molar-refractivity contribution in [2.24, 2.45) is 0 Å². The molecule has 0 bridgehead atoms. The van der Waals surface area contributed by atoms with E-state index >= 15 is 0 Å². The molecular weight excluding hydrogens is 406 g/mol. The van der Waals surface area contributed by atoms with Gasteiger partial charge in [0.15, 0.2) is 0 Å². The number of thiophene rings is 1. The highest BCUT2D eigenvalue weighted by Gasteiger charge is 2.23. The lowest BCUT2D eigenvalue weighted by molar-refractivity contribution is 0.0702. The molecule has 0 atom stereocenters. The minimum absolute atomic E-state index is 0.00851. The molecule has 6 nitrogen and oxygen atoms in total. The molecule has 0 aliphatic rings. The van der Waals surface area contributed by atoms with Gasteiger partial charge in [0.1, 0.15) is 15.5 Å². The van der Waals surface area contributed by atoms with Crippen molar-refractivity contribution < 1.29 is 23.4 Å². The maximum atomic E-state index is 12.2. The van der Waals surface area contributed by atoms with Crippen molar-refractivity contribution in [3.63, 3.8) is 0 Å². The van der Waals surface area contributed by atoms with Crippen LogP contribution in [0, 0.1) is 0 Å². The molecule has 0 fully saturated rings. The molecular formula is C11H7BrClNO5S2. The fourth-order valence-electron chi connectivity index (χ4n) is 1.42. The highest BCUT2D eigenvalue weighted by molar-refractivity contribution is 9.11. The molecule has 0 aliphatic heterocycles. The molecule has 2 aromatic rings. The predicted molar refractivity (Wildman–Crippen MR) is 82.9 cm³/mol. The van der Waals surface area contributed by atoms with Crippen molar-refractivity contribution in [3.05, 3.63) is 38.0 Å². The van der Waals surface area contributed by atoms with Gasteiger partial charge in [-0.05, 0) is 40.2 Å². The highest BCUT2D eigenvalue weighted by atomic mass is 79.9. The molecule has 21 heavy (non-hydrogen) atoms. The van der Waals surface area contributed by atoms with Crippen LogP contribution in [0.1, 0.15) is 9.67 Å².